The first-order chi connectivity index (χ1) is 1.91. The van der Waals surface area contributed by atoms with Crippen molar-refractivity contribution in [2.45, 2.75) is 7.43 Å². The summed E-state index contributed by atoms with van der Waals surface area (Å²) in [6.07, 6.45) is 2.51. The SMILES string of the molecule is C.C=C[C-]=O.[V].[V]. The van der Waals surface area contributed by atoms with Gasteiger partial charge in [0.25, 0.3) is 0 Å². The molecule has 0 N–H and O–H groups in total. The molecule has 0 aromatic heterocycles. The number of carbonyl (C=O) groups excluding carboxylic acids is 1. The quantitative estimate of drug-likeness (QED) is 0.425. The van der Waals surface area contributed by atoms with Gasteiger partial charge in [-0.15, -0.1) is 0 Å². The summed E-state index contributed by atoms with van der Waals surface area (Å²) in [5.74, 6) is 0. The maximum absolute atomic E-state index is 8.93. The molecule has 7 heavy (non-hydrogen) atoms. The minimum absolute atomic E-state index is 0. The Kier molecular flexibility index (Phi) is 113. The summed E-state index contributed by atoms with van der Waals surface area (Å²) in [4.78, 5) is 8.93. The normalized spacial score (nSPS) is 2.86. The van der Waals surface area contributed by atoms with Crippen LogP contribution in [-0.4, -0.2) is 6.29 Å². The van der Waals surface area contributed by atoms with E-state index in [1.807, 2.05) is 0 Å². The molecule has 0 unspecified atom stereocenters. The molecule has 0 aliphatic heterocycles. The monoisotopic (exact) mass is 173 g/mol. The molecule has 3 heteroatoms. The van der Waals surface area contributed by atoms with Crippen LogP contribution in [0.4, 0.5) is 0 Å². The molecule has 0 spiro atoms. The number of hydrogen-bond acceptors (Lipinski definition) is 1. The van der Waals surface area contributed by atoms with Crippen molar-refractivity contribution >= 4 is 6.29 Å². The summed E-state index contributed by atoms with van der Waals surface area (Å²) in [7, 11) is 0. The van der Waals surface area contributed by atoms with Gasteiger partial charge in [-0.2, -0.15) is 0 Å². The zero-order chi connectivity index (χ0) is 3.41. The predicted octanol–water partition coefficient (Wildman–Crippen LogP) is 0.913. The van der Waals surface area contributed by atoms with E-state index in [-0.39, 0.29) is 44.5 Å². The van der Waals surface area contributed by atoms with Crippen molar-refractivity contribution in [1.29, 1.82) is 0 Å². The second-order valence-electron chi connectivity index (χ2n) is 0.322. The van der Waals surface area contributed by atoms with Crippen molar-refractivity contribution in [3.63, 3.8) is 0 Å². The molecule has 0 fully saturated rings. The van der Waals surface area contributed by atoms with E-state index in [2.05, 4.69) is 6.58 Å². The van der Waals surface area contributed by atoms with Crippen LogP contribution >= 0.6 is 0 Å². The summed E-state index contributed by atoms with van der Waals surface area (Å²) in [5.41, 5.74) is 0. The van der Waals surface area contributed by atoms with E-state index >= 15 is 0 Å². The molecule has 0 bridgehead atoms. The third kappa shape index (κ3) is 55.3. The van der Waals surface area contributed by atoms with Gasteiger partial charge in [-0.25, -0.2) is 12.7 Å². The van der Waals surface area contributed by atoms with Crippen LogP contribution in [0.25, 0.3) is 0 Å². The molecule has 0 rings (SSSR count). The largest absolute Gasteiger partial charge is 0.419 e. The maximum Gasteiger partial charge on any atom is 0 e. The van der Waals surface area contributed by atoms with Crippen LogP contribution < -0.4 is 0 Å². The molecule has 2 radical (unpaired) electrons. The van der Waals surface area contributed by atoms with Gasteiger partial charge in [-0.05, 0) is 6.29 Å². The fourth-order valence-electron chi connectivity index (χ4n) is 0. The smallest absolute Gasteiger partial charge is 0 e. The van der Waals surface area contributed by atoms with Crippen LogP contribution in [0.2, 0.25) is 0 Å². The average molecular weight is 173 g/mol. The van der Waals surface area contributed by atoms with Crippen LogP contribution in [0.1, 0.15) is 7.43 Å². The Hall–Kier alpha value is 0.579. The summed E-state index contributed by atoms with van der Waals surface area (Å²) in [5, 5.41) is 0. The van der Waals surface area contributed by atoms with E-state index in [4.69, 9.17) is 4.79 Å². The van der Waals surface area contributed by atoms with Gasteiger partial charge in [0.05, 0.1) is 0 Å². The summed E-state index contributed by atoms with van der Waals surface area (Å²) in [6.45, 7) is 3.06. The zero-order valence-corrected chi connectivity index (χ0v) is 5.88. The molecule has 0 saturated heterocycles. The van der Waals surface area contributed by atoms with E-state index < -0.39 is 0 Å². The number of hydrogen-bond donors (Lipinski definition) is 0. The van der Waals surface area contributed by atoms with Crippen molar-refractivity contribution < 1.29 is 41.9 Å². The van der Waals surface area contributed by atoms with Gasteiger partial charge in [-0.3, -0.25) is 0 Å². The molecule has 0 aliphatic rings. The van der Waals surface area contributed by atoms with Crippen molar-refractivity contribution in [1.82, 2.24) is 0 Å². The van der Waals surface area contributed by atoms with Crippen LogP contribution in [-0.2, 0) is 41.9 Å². The second-order valence-corrected chi connectivity index (χ2v) is 0.322. The molecule has 0 aromatic rings. The van der Waals surface area contributed by atoms with Crippen LogP contribution in [0, 0.1) is 0 Å². The molecule has 1 nitrogen and oxygen atoms in total. The van der Waals surface area contributed by atoms with Gasteiger partial charge in [0.15, 0.2) is 0 Å². The molecule has 0 aromatic carbocycles. The van der Waals surface area contributed by atoms with E-state index in [0.717, 1.165) is 6.08 Å². The first-order valence-electron chi connectivity index (χ1n) is 0.901. The van der Waals surface area contributed by atoms with Gasteiger partial charge in [0, 0.05) is 37.1 Å². The van der Waals surface area contributed by atoms with Gasteiger partial charge < -0.3 is 4.79 Å². The molecular formula is C4H7OV2-. The molecule has 40 valence electrons. The van der Waals surface area contributed by atoms with Gasteiger partial charge in [0.2, 0.25) is 0 Å². The minimum Gasteiger partial charge on any atom is -0.419 e. The third-order valence-corrected chi connectivity index (χ3v) is 0.0833. The Bertz CT molecular complexity index is 30.7. The molecule has 0 atom stereocenters. The fraction of sp³-hybridized carbons (Fsp3) is 0.250. The fourth-order valence-corrected chi connectivity index (χ4v) is 0. The summed E-state index contributed by atoms with van der Waals surface area (Å²) in [6, 6.07) is 0. The molecule has 0 saturated carbocycles. The number of rotatable bonds is 1. The van der Waals surface area contributed by atoms with Crippen molar-refractivity contribution in [3.8, 4) is 0 Å². The standard InChI is InChI=1S/C3H3O.CH4.2V/c1-2-3-4;;;/h2H,1H2;1H4;;/q-1;;;. The van der Waals surface area contributed by atoms with Gasteiger partial charge >= 0.3 is 0 Å². The zero-order valence-electron chi connectivity index (χ0n) is 3.09. The van der Waals surface area contributed by atoms with Crippen molar-refractivity contribution in [2.75, 3.05) is 0 Å². The van der Waals surface area contributed by atoms with Gasteiger partial charge in [-0.1, -0.05) is 7.43 Å². The topological polar surface area (TPSA) is 17.1 Å². The Morgan fingerprint density at radius 3 is 1.57 bits per heavy atom. The van der Waals surface area contributed by atoms with E-state index in [9.17, 15) is 0 Å². The predicted molar refractivity (Wildman–Crippen MR) is 22.6 cm³/mol. The van der Waals surface area contributed by atoms with E-state index in [1.54, 1.807) is 0 Å². The summed E-state index contributed by atoms with van der Waals surface area (Å²) < 4.78 is 0. The third-order valence-electron chi connectivity index (χ3n) is 0.0833. The summed E-state index contributed by atoms with van der Waals surface area (Å²) >= 11 is 0. The Morgan fingerprint density at radius 1 is 1.43 bits per heavy atom. The second kappa shape index (κ2) is 30.8. The molecule has 0 heterocycles. The first-order valence-corrected chi connectivity index (χ1v) is 0.901. The van der Waals surface area contributed by atoms with Crippen LogP contribution in [0.15, 0.2) is 12.7 Å². The van der Waals surface area contributed by atoms with Crippen LogP contribution in [0.3, 0.4) is 0 Å². The number of allylic oxidation sites excluding steroid dienone is 1. The minimum atomic E-state index is 0. The van der Waals surface area contributed by atoms with Crippen molar-refractivity contribution in [3.05, 3.63) is 12.7 Å². The van der Waals surface area contributed by atoms with Crippen molar-refractivity contribution in [2.24, 2.45) is 0 Å². The Morgan fingerprint density at radius 2 is 1.57 bits per heavy atom. The molecule has 0 aliphatic carbocycles. The van der Waals surface area contributed by atoms with Crippen LogP contribution in [0.5, 0.6) is 0 Å². The van der Waals surface area contributed by atoms with E-state index in [0.29, 0.717) is 0 Å². The first kappa shape index (κ1) is 25.6. The van der Waals surface area contributed by atoms with E-state index in [1.165, 1.54) is 6.29 Å². The Labute approximate surface area is 68.3 Å². The molecular weight excluding hydrogens is 166 g/mol. The van der Waals surface area contributed by atoms with Gasteiger partial charge in [0.1, 0.15) is 0 Å². The average Bonchev–Trinajstić information content (AvgIpc) is 1.37. The Balaban J connectivity index is -0.0000000150. The maximum atomic E-state index is 8.93. The molecule has 0 amide bonds.